The molecule has 0 unspecified atom stereocenters. The second-order valence-corrected chi connectivity index (χ2v) is 8.34. The van der Waals surface area contributed by atoms with Gasteiger partial charge in [0, 0.05) is 5.92 Å². The molecule has 1 atom stereocenters. The first kappa shape index (κ1) is 23.8. The number of carboxylic acids is 1. The molecule has 4 rings (SSSR count). The molecule has 0 heterocycles. The minimum absolute atomic E-state index is 0.0506. The zero-order chi connectivity index (χ0) is 24.9. The molecule has 3 aromatic carbocycles. The Labute approximate surface area is 202 Å². The molecule has 8 nitrogen and oxygen atoms in total. The summed E-state index contributed by atoms with van der Waals surface area (Å²) in [4.78, 5) is 36.7. The molecular formula is C27H26N2O6. The second-order valence-electron chi connectivity index (χ2n) is 8.34. The molecule has 1 aliphatic rings. The maximum absolute atomic E-state index is 12.8. The summed E-state index contributed by atoms with van der Waals surface area (Å²) in [6.45, 7) is 1.98. The van der Waals surface area contributed by atoms with Crippen molar-refractivity contribution in [2.24, 2.45) is 0 Å². The Morgan fingerprint density at radius 3 is 2.20 bits per heavy atom. The first-order valence-electron chi connectivity index (χ1n) is 11.4. The number of amides is 2. The number of carbonyl (C=O) groups is 3. The van der Waals surface area contributed by atoms with Gasteiger partial charge in [0.25, 0.3) is 0 Å². The molecule has 0 spiro atoms. The fraction of sp³-hybridized carbons (Fsp3) is 0.222. The molecule has 3 aromatic rings. The average Bonchev–Trinajstić information content (AvgIpc) is 3.17. The van der Waals surface area contributed by atoms with Gasteiger partial charge in [-0.2, -0.15) is 0 Å². The number of phenolic OH excluding ortho intramolecular Hbond substituents is 1. The van der Waals surface area contributed by atoms with Crippen molar-refractivity contribution >= 4 is 23.7 Å². The minimum atomic E-state index is -1.19. The fourth-order valence-corrected chi connectivity index (χ4v) is 4.33. The van der Waals surface area contributed by atoms with Crippen LogP contribution in [0.3, 0.4) is 0 Å². The van der Waals surface area contributed by atoms with Crippen LogP contribution in [0.2, 0.25) is 0 Å². The van der Waals surface area contributed by atoms with Crippen molar-refractivity contribution in [3.05, 3.63) is 83.4 Å². The standard InChI is InChI=1S/C27H26N2O6/c1-2-7-22(25(31)28-23-14-16(26(32)33)12-13-24(23)30)29-27(34)35-15-21-19-10-5-3-8-17(19)18-9-4-6-11-20(18)21/h3-6,8-14,21-22,30H,2,7,15H2,1H3,(H,28,31)(H,29,34)(H,32,33)/t22-/m1/s1. The van der Waals surface area contributed by atoms with Gasteiger partial charge in [0.2, 0.25) is 5.91 Å². The molecule has 4 N–H and O–H groups in total. The highest BCUT2D eigenvalue weighted by Gasteiger charge is 2.30. The van der Waals surface area contributed by atoms with E-state index in [1.807, 2.05) is 55.5 Å². The molecule has 0 fully saturated rings. The van der Waals surface area contributed by atoms with Crippen LogP contribution in [0, 0.1) is 0 Å². The number of aromatic carboxylic acids is 1. The van der Waals surface area contributed by atoms with E-state index in [0.29, 0.717) is 12.8 Å². The quantitative estimate of drug-likeness (QED) is 0.350. The highest BCUT2D eigenvalue weighted by molar-refractivity contribution is 5.99. The van der Waals surface area contributed by atoms with E-state index >= 15 is 0 Å². The number of nitrogens with one attached hydrogen (secondary N) is 2. The number of rotatable bonds is 8. The highest BCUT2D eigenvalue weighted by Crippen LogP contribution is 2.44. The third kappa shape index (κ3) is 5.11. The number of ether oxygens (including phenoxy) is 1. The number of hydrogen-bond acceptors (Lipinski definition) is 5. The SMILES string of the molecule is CCC[C@@H](NC(=O)OCC1c2ccccc2-c2ccccc21)C(=O)Nc1cc(C(=O)O)ccc1O. The lowest BCUT2D eigenvalue weighted by molar-refractivity contribution is -0.118. The van der Waals surface area contributed by atoms with E-state index < -0.39 is 24.0 Å². The van der Waals surface area contributed by atoms with E-state index in [2.05, 4.69) is 10.6 Å². The van der Waals surface area contributed by atoms with Crippen LogP contribution in [0.4, 0.5) is 10.5 Å². The molecule has 0 aromatic heterocycles. The molecule has 0 saturated carbocycles. The van der Waals surface area contributed by atoms with Crippen LogP contribution in [0.15, 0.2) is 66.7 Å². The van der Waals surface area contributed by atoms with Gasteiger partial charge < -0.3 is 25.6 Å². The molecule has 0 bridgehead atoms. The molecule has 0 aliphatic heterocycles. The Kier molecular flexibility index (Phi) is 7.01. The number of carboxylic acid groups (broad SMARTS) is 1. The van der Waals surface area contributed by atoms with Crippen LogP contribution in [-0.2, 0) is 9.53 Å². The van der Waals surface area contributed by atoms with Gasteiger partial charge >= 0.3 is 12.1 Å². The first-order chi connectivity index (χ1) is 16.9. The number of alkyl carbamates (subject to hydrolysis) is 1. The number of aromatic hydroxyl groups is 1. The normalized spacial score (nSPS) is 12.8. The van der Waals surface area contributed by atoms with E-state index in [0.717, 1.165) is 28.3 Å². The van der Waals surface area contributed by atoms with Gasteiger partial charge in [0.1, 0.15) is 18.4 Å². The average molecular weight is 475 g/mol. The Morgan fingerprint density at radius 1 is 0.971 bits per heavy atom. The van der Waals surface area contributed by atoms with Gasteiger partial charge in [-0.05, 0) is 46.9 Å². The van der Waals surface area contributed by atoms with Gasteiger partial charge in [0.15, 0.2) is 0 Å². The van der Waals surface area contributed by atoms with Crippen molar-refractivity contribution in [1.82, 2.24) is 5.32 Å². The fourth-order valence-electron chi connectivity index (χ4n) is 4.33. The largest absolute Gasteiger partial charge is 0.506 e. The van der Waals surface area contributed by atoms with Gasteiger partial charge in [0.05, 0.1) is 11.3 Å². The lowest BCUT2D eigenvalue weighted by Crippen LogP contribution is -2.44. The van der Waals surface area contributed by atoms with Crippen LogP contribution in [0.5, 0.6) is 5.75 Å². The molecule has 1 aliphatic carbocycles. The van der Waals surface area contributed by atoms with Gasteiger partial charge in [-0.1, -0.05) is 61.9 Å². The third-order valence-corrected chi connectivity index (χ3v) is 6.03. The van der Waals surface area contributed by atoms with E-state index in [-0.39, 0.29) is 29.5 Å². The van der Waals surface area contributed by atoms with Crippen molar-refractivity contribution in [2.45, 2.75) is 31.7 Å². The number of carbonyl (C=O) groups excluding carboxylic acids is 2. The van der Waals surface area contributed by atoms with E-state index in [1.54, 1.807) is 0 Å². The summed E-state index contributed by atoms with van der Waals surface area (Å²) in [7, 11) is 0. The van der Waals surface area contributed by atoms with Crippen molar-refractivity contribution < 1.29 is 29.3 Å². The van der Waals surface area contributed by atoms with Gasteiger partial charge in [-0.3, -0.25) is 4.79 Å². The van der Waals surface area contributed by atoms with E-state index in [4.69, 9.17) is 9.84 Å². The van der Waals surface area contributed by atoms with Gasteiger partial charge in [-0.25, -0.2) is 9.59 Å². The van der Waals surface area contributed by atoms with Crippen LogP contribution >= 0.6 is 0 Å². The Morgan fingerprint density at radius 2 is 1.60 bits per heavy atom. The van der Waals surface area contributed by atoms with E-state index in [1.165, 1.54) is 12.1 Å². The van der Waals surface area contributed by atoms with Crippen LogP contribution < -0.4 is 10.6 Å². The maximum atomic E-state index is 12.8. The molecule has 8 heteroatoms. The van der Waals surface area contributed by atoms with Crippen molar-refractivity contribution in [1.29, 1.82) is 0 Å². The Balaban J connectivity index is 1.42. The Hall–Kier alpha value is -4.33. The molecule has 35 heavy (non-hydrogen) atoms. The topological polar surface area (TPSA) is 125 Å². The summed E-state index contributed by atoms with van der Waals surface area (Å²) in [6, 6.07) is 18.6. The summed E-state index contributed by atoms with van der Waals surface area (Å²) in [5, 5.41) is 24.2. The molecule has 2 amide bonds. The maximum Gasteiger partial charge on any atom is 0.407 e. The van der Waals surface area contributed by atoms with Gasteiger partial charge in [-0.15, -0.1) is 0 Å². The summed E-state index contributed by atoms with van der Waals surface area (Å²) >= 11 is 0. The van der Waals surface area contributed by atoms with Crippen molar-refractivity contribution in [3.63, 3.8) is 0 Å². The lowest BCUT2D eigenvalue weighted by Gasteiger charge is -2.20. The molecular weight excluding hydrogens is 448 g/mol. The number of phenols is 1. The summed E-state index contributed by atoms with van der Waals surface area (Å²) in [6.07, 6.45) is 0.196. The first-order valence-corrected chi connectivity index (χ1v) is 11.4. The van der Waals surface area contributed by atoms with Crippen molar-refractivity contribution in [3.8, 4) is 16.9 Å². The molecule has 0 radical (unpaired) electrons. The minimum Gasteiger partial charge on any atom is -0.506 e. The summed E-state index contributed by atoms with van der Waals surface area (Å²) in [5.74, 6) is -2.16. The smallest absolute Gasteiger partial charge is 0.407 e. The van der Waals surface area contributed by atoms with E-state index in [9.17, 15) is 19.5 Å². The number of hydrogen-bond donors (Lipinski definition) is 4. The number of fused-ring (bicyclic) bond motifs is 3. The monoisotopic (exact) mass is 474 g/mol. The zero-order valence-electron chi connectivity index (χ0n) is 19.2. The van der Waals surface area contributed by atoms with Crippen LogP contribution in [-0.4, -0.2) is 40.8 Å². The predicted octanol–water partition coefficient (Wildman–Crippen LogP) is 4.74. The van der Waals surface area contributed by atoms with Crippen molar-refractivity contribution in [2.75, 3.05) is 11.9 Å². The number of benzene rings is 3. The summed E-state index contributed by atoms with van der Waals surface area (Å²) < 4.78 is 5.53. The lowest BCUT2D eigenvalue weighted by atomic mass is 9.98. The molecule has 180 valence electrons. The summed E-state index contributed by atoms with van der Waals surface area (Å²) in [5.41, 5.74) is 4.25. The molecule has 0 saturated heterocycles. The highest BCUT2D eigenvalue weighted by atomic mass is 16.5. The van der Waals surface area contributed by atoms with Crippen LogP contribution in [0.25, 0.3) is 11.1 Å². The zero-order valence-corrected chi connectivity index (χ0v) is 19.2. The Bertz CT molecular complexity index is 1230. The van der Waals surface area contributed by atoms with Crippen LogP contribution in [0.1, 0.15) is 47.2 Å². The predicted molar refractivity (Wildman–Crippen MR) is 131 cm³/mol. The number of anilines is 1. The second kappa shape index (κ2) is 10.3. The third-order valence-electron chi connectivity index (χ3n) is 6.03.